The number of amides is 4. The monoisotopic (exact) mass is 507 g/mol. The van der Waals surface area contributed by atoms with E-state index in [1.54, 1.807) is 6.92 Å². The van der Waals surface area contributed by atoms with Crippen LogP contribution in [0.15, 0.2) is 42.5 Å². The van der Waals surface area contributed by atoms with E-state index in [1.807, 2.05) is 43.3 Å². The molecule has 2 N–H and O–H groups in total. The summed E-state index contributed by atoms with van der Waals surface area (Å²) in [5.41, 5.74) is 3.10. The largest absolute Gasteiger partial charge is 0.378 e. The first-order chi connectivity index (χ1) is 17.8. The van der Waals surface area contributed by atoms with Crippen LogP contribution in [-0.4, -0.2) is 81.9 Å². The highest BCUT2D eigenvalue weighted by atomic mass is 16.5. The van der Waals surface area contributed by atoms with Crippen molar-refractivity contribution in [2.75, 3.05) is 74.3 Å². The summed E-state index contributed by atoms with van der Waals surface area (Å²) in [4.78, 5) is 44.6. The van der Waals surface area contributed by atoms with Crippen LogP contribution in [0.4, 0.5) is 21.9 Å². The second-order valence-electron chi connectivity index (χ2n) is 9.76. The number of morpholine rings is 2. The highest BCUT2D eigenvalue weighted by molar-refractivity contribution is 6.10. The van der Waals surface area contributed by atoms with E-state index in [2.05, 4.69) is 26.5 Å². The van der Waals surface area contributed by atoms with E-state index < -0.39 is 23.4 Å². The van der Waals surface area contributed by atoms with Crippen LogP contribution in [0.2, 0.25) is 0 Å². The van der Waals surface area contributed by atoms with Crippen molar-refractivity contribution in [1.29, 1.82) is 0 Å². The van der Waals surface area contributed by atoms with Gasteiger partial charge in [-0.3, -0.25) is 14.5 Å². The van der Waals surface area contributed by atoms with Crippen molar-refractivity contribution in [1.82, 2.24) is 10.2 Å². The van der Waals surface area contributed by atoms with Crippen LogP contribution in [0.5, 0.6) is 0 Å². The van der Waals surface area contributed by atoms with Gasteiger partial charge in [0.2, 0.25) is 5.91 Å². The Morgan fingerprint density at radius 1 is 0.946 bits per heavy atom. The molecular weight excluding hydrogens is 474 g/mol. The van der Waals surface area contributed by atoms with Crippen molar-refractivity contribution in [2.24, 2.45) is 0 Å². The Hall–Kier alpha value is -3.63. The number of nitrogens with one attached hydrogen (secondary N) is 2. The molecular formula is C27H33N5O5. The number of carbonyl (C=O) groups excluding carboxylic acids is 3. The molecule has 3 aliphatic heterocycles. The Morgan fingerprint density at radius 2 is 1.57 bits per heavy atom. The van der Waals surface area contributed by atoms with Gasteiger partial charge in [0.05, 0.1) is 37.8 Å². The zero-order valence-electron chi connectivity index (χ0n) is 21.3. The number of nitrogens with zero attached hydrogens (tertiary/aromatic N) is 3. The topological polar surface area (TPSA) is 103 Å². The molecule has 10 heteroatoms. The molecule has 0 saturated carbocycles. The summed E-state index contributed by atoms with van der Waals surface area (Å²) < 4.78 is 11.0. The maximum absolute atomic E-state index is 13.3. The summed E-state index contributed by atoms with van der Waals surface area (Å²) in [5, 5.41) is 5.70. The minimum Gasteiger partial charge on any atom is -0.378 e. The molecule has 2 aromatic carbocycles. The number of aryl methyl sites for hydroxylation is 1. The first kappa shape index (κ1) is 25.0. The van der Waals surface area contributed by atoms with E-state index in [-0.39, 0.29) is 6.54 Å². The molecule has 0 radical (unpaired) electrons. The van der Waals surface area contributed by atoms with Crippen LogP contribution in [0, 0.1) is 6.92 Å². The van der Waals surface area contributed by atoms with Crippen molar-refractivity contribution >= 4 is 34.9 Å². The summed E-state index contributed by atoms with van der Waals surface area (Å²) in [6, 6.07) is 12.8. The van der Waals surface area contributed by atoms with Gasteiger partial charge in [0.1, 0.15) is 12.1 Å². The number of rotatable bonds is 6. The molecule has 10 nitrogen and oxygen atoms in total. The molecule has 1 atom stereocenters. The predicted molar refractivity (Wildman–Crippen MR) is 140 cm³/mol. The summed E-state index contributed by atoms with van der Waals surface area (Å²) >= 11 is 0. The average molecular weight is 508 g/mol. The maximum Gasteiger partial charge on any atom is 0.325 e. The molecule has 0 spiro atoms. The lowest BCUT2D eigenvalue weighted by Crippen LogP contribution is -2.42. The van der Waals surface area contributed by atoms with E-state index in [0.717, 1.165) is 34.9 Å². The lowest BCUT2D eigenvalue weighted by molar-refractivity contribution is -0.133. The van der Waals surface area contributed by atoms with E-state index in [4.69, 9.17) is 9.47 Å². The molecule has 3 fully saturated rings. The third-order valence-corrected chi connectivity index (χ3v) is 7.19. The number of hydrogen-bond donors (Lipinski definition) is 2. The molecule has 3 heterocycles. The lowest BCUT2D eigenvalue weighted by atomic mass is 9.91. The van der Waals surface area contributed by atoms with Gasteiger partial charge in [-0.2, -0.15) is 0 Å². The smallest absolute Gasteiger partial charge is 0.325 e. The van der Waals surface area contributed by atoms with Crippen LogP contribution < -0.4 is 20.4 Å². The minimum absolute atomic E-state index is 0.375. The fraction of sp³-hybridized carbons (Fsp3) is 0.444. The van der Waals surface area contributed by atoms with Crippen molar-refractivity contribution in [3.05, 3.63) is 53.6 Å². The van der Waals surface area contributed by atoms with E-state index in [1.165, 1.54) is 0 Å². The first-order valence-electron chi connectivity index (χ1n) is 12.7. The van der Waals surface area contributed by atoms with E-state index in [0.29, 0.717) is 50.8 Å². The number of imide groups is 1. The van der Waals surface area contributed by atoms with Crippen LogP contribution >= 0.6 is 0 Å². The van der Waals surface area contributed by atoms with Crippen molar-refractivity contribution in [3.63, 3.8) is 0 Å². The Balaban J connectivity index is 1.33. The van der Waals surface area contributed by atoms with Gasteiger partial charge < -0.3 is 29.9 Å². The second kappa shape index (κ2) is 10.4. The van der Waals surface area contributed by atoms with Gasteiger partial charge in [0, 0.05) is 31.9 Å². The Labute approximate surface area is 216 Å². The number of carbonyl (C=O) groups is 3. The fourth-order valence-electron chi connectivity index (χ4n) is 4.97. The molecule has 0 bridgehead atoms. The molecule has 196 valence electrons. The van der Waals surface area contributed by atoms with Crippen LogP contribution in [0.1, 0.15) is 18.1 Å². The average Bonchev–Trinajstić information content (AvgIpc) is 3.14. The van der Waals surface area contributed by atoms with Gasteiger partial charge >= 0.3 is 6.03 Å². The van der Waals surface area contributed by atoms with Gasteiger partial charge in [-0.15, -0.1) is 0 Å². The van der Waals surface area contributed by atoms with Gasteiger partial charge in [0.25, 0.3) is 5.91 Å². The number of hydrogen-bond acceptors (Lipinski definition) is 7. The highest BCUT2D eigenvalue weighted by Gasteiger charge is 2.49. The highest BCUT2D eigenvalue weighted by Crippen LogP contribution is 2.33. The molecule has 3 aliphatic rings. The number of benzene rings is 2. The fourth-order valence-corrected chi connectivity index (χ4v) is 4.97. The SMILES string of the molecule is Cc1ccc([C@@]2(C)NC(=O)N(CC(=O)Nc3ccc(N4CCOCC4)cc3N3CCOCC3)C2=O)cc1. The number of ether oxygens (including phenoxy) is 2. The quantitative estimate of drug-likeness (QED) is 0.577. The zero-order chi connectivity index (χ0) is 26.0. The first-order valence-corrected chi connectivity index (χ1v) is 12.7. The van der Waals surface area contributed by atoms with E-state index >= 15 is 0 Å². The molecule has 37 heavy (non-hydrogen) atoms. The third kappa shape index (κ3) is 5.12. The van der Waals surface area contributed by atoms with Crippen molar-refractivity contribution in [3.8, 4) is 0 Å². The maximum atomic E-state index is 13.3. The van der Waals surface area contributed by atoms with Gasteiger partial charge in [-0.25, -0.2) is 4.79 Å². The van der Waals surface area contributed by atoms with Crippen LogP contribution in [0.3, 0.4) is 0 Å². The van der Waals surface area contributed by atoms with Gasteiger partial charge in [0.15, 0.2) is 0 Å². The van der Waals surface area contributed by atoms with E-state index in [9.17, 15) is 14.4 Å². The normalized spacial score (nSPS) is 22.3. The van der Waals surface area contributed by atoms with Crippen LogP contribution in [0.25, 0.3) is 0 Å². The molecule has 2 aromatic rings. The van der Waals surface area contributed by atoms with Crippen LogP contribution in [-0.2, 0) is 24.6 Å². The Bertz CT molecular complexity index is 1170. The van der Waals surface area contributed by atoms with Crippen molar-refractivity contribution < 1.29 is 23.9 Å². The number of anilines is 3. The molecule has 0 aromatic heterocycles. The molecule has 3 saturated heterocycles. The molecule has 0 aliphatic carbocycles. The Morgan fingerprint density at radius 3 is 2.22 bits per heavy atom. The second-order valence-corrected chi connectivity index (χ2v) is 9.76. The molecule has 5 rings (SSSR count). The lowest BCUT2D eigenvalue weighted by Gasteiger charge is -2.33. The number of urea groups is 1. The summed E-state index contributed by atoms with van der Waals surface area (Å²) in [6.45, 7) is 8.84. The minimum atomic E-state index is -1.22. The standard InChI is InChI=1S/C27H33N5O5/c1-19-3-5-20(6-4-19)27(2)25(34)32(26(35)29-27)18-24(33)28-22-8-7-21(30-9-13-36-14-10-30)17-23(22)31-11-15-37-16-12-31/h3-8,17H,9-16,18H2,1-2H3,(H,28,33)(H,29,35)/t27-/m1/s1. The Kier molecular flexibility index (Phi) is 7.03. The zero-order valence-corrected chi connectivity index (χ0v) is 21.3. The summed E-state index contributed by atoms with van der Waals surface area (Å²) in [7, 11) is 0. The third-order valence-electron chi connectivity index (χ3n) is 7.19. The summed E-state index contributed by atoms with van der Waals surface area (Å²) in [5.74, 6) is -0.891. The van der Waals surface area contributed by atoms with Gasteiger partial charge in [-0.05, 0) is 37.6 Å². The molecule has 0 unspecified atom stereocenters. The molecule has 4 amide bonds. The summed E-state index contributed by atoms with van der Waals surface area (Å²) in [6.07, 6.45) is 0. The van der Waals surface area contributed by atoms with Gasteiger partial charge in [-0.1, -0.05) is 29.8 Å². The van der Waals surface area contributed by atoms with Crippen molar-refractivity contribution in [2.45, 2.75) is 19.4 Å². The predicted octanol–water partition coefficient (Wildman–Crippen LogP) is 2.07.